The molecule has 0 bridgehead atoms. The van der Waals surface area contributed by atoms with Gasteiger partial charge >= 0.3 is 0 Å². The molecule has 0 amide bonds. The number of halogens is 1. The second-order valence-corrected chi connectivity index (χ2v) is 7.21. The third-order valence-corrected chi connectivity index (χ3v) is 5.50. The average Bonchev–Trinajstić information content (AvgIpc) is 3.21. The Labute approximate surface area is 180 Å². The van der Waals surface area contributed by atoms with Crippen LogP contribution in [0.15, 0.2) is 29.3 Å². The number of hydrogen-bond donors (Lipinski definition) is 1. The number of benzene rings is 1. The van der Waals surface area contributed by atoms with Gasteiger partial charge in [-0.25, -0.2) is 0 Å². The standard InChI is InChI=1S/C21H33N3O2.HI/c1-3-22-20(24-13-5-6-14-24)23-17-21(11-15-25-16-12-21)18-7-9-19(10-8-18)26-4-2;/h7-10H,3-6,11-17H2,1-2H3,(H,22,23);1H. The molecule has 1 aromatic carbocycles. The number of guanidine groups is 1. The Bertz CT molecular complexity index is 580. The summed E-state index contributed by atoms with van der Waals surface area (Å²) in [5, 5.41) is 3.48. The summed E-state index contributed by atoms with van der Waals surface area (Å²) in [5.41, 5.74) is 1.41. The highest BCUT2D eigenvalue weighted by Crippen LogP contribution is 2.36. The third-order valence-electron chi connectivity index (χ3n) is 5.50. The molecule has 0 atom stereocenters. The van der Waals surface area contributed by atoms with Gasteiger partial charge in [-0.15, -0.1) is 24.0 Å². The SMILES string of the molecule is CCNC(=NCC1(c2ccc(OCC)cc2)CCOCC1)N1CCCC1.I. The van der Waals surface area contributed by atoms with Crippen LogP contribution in [-0.4, -0.2) is 56.9 Å². The van der Waals surface area contributed by atoms with E-state index in [0.29, 0.717) is 6.61 Å². The molecule has 0 saturated carbocycles. The molecule has 2 aliphatic rings. The Kier molecular flexibility index (Phi) is 9.15. The molecule has 1 N–H and O–H groups in total. The van der Waals surface area contributed by atoms with E-state index in [-0.39, 0.29) is 29.4 Å². The second-order valence-electron chi connectivity index (χ2n) is 7.21. The number of rotatable bonds is 6. The first-order valence-corrected chi connectivity index (χ1v) is 10.1. The summed E-state index contributed by atoms with van der Waals surface area (Å²) in [5.74, 6) is 2.01. The fourth-order valence-corrected chi connectivity index (χ4v) is 3.95. The van der Waals surface area contributed by atoms with E-state index in [1.54, 1.807) is 0 Å². The first kappa shape index (κ1) is 22.3. The largest absolute Gasteiger partial charge is 0.494 e. The topological polar surface area (TPSA) is 46.1 Å². The first-order valence-electron chi connectivity index (χ1n) is 10.1. The minimum absolute atomic E-state index is 0. The lowest BCUT2D eigenvalue weighted by molar-refractivity contribution is 0.0530. The smallest absolute Gasteiger partial charge is 0.193 e. The van der Waals surface area contributed by atoms with E-state index in [1.165, 1.54) is 18.4 Å². The molecule has 2 aliphatic heterocycles. The molecule has 27 heavy (non-hydrogen) atoms. The quantitative estimate of drug-likeness (QED) is 0.377. The summed E-state index contributed by atoms with van der Waals surface area (Å²) in [6.07, 6.45) is 4.57. The van der Waals surface area contributed by atoms with E-state index in [2.05, 4.69) is 41.4 Å². The lowest BCUT2D eigenvalue weighted by atomic mass is 9.74. The highest BCUT2D eigenvalue weighted by atomic mass is 127. The van der Waals surface area contributed by atoms with Gasteiger partial charge in [0.15, 0.2) is 5.96 Å². The molecule has 2 saturated heterocycles. The maximum atomic E-state index is 5.66. The van der Waals surface area contributed by atoms with Crippen molar-refractivity contribution in [3.8, 4) is 5.75 Å². The van der Waals surface area contributed by atoms with Crippen LogP contribution in [0.2, 0.25) is 0 Å². The van der Waals surface area contributed by atoms with Gasteiger partial charge in [-0.2, -0.15) is 0 Å². The van der Waals surface area contributed by atoms with Crippen LogP contribution < -0.4 is 10.1 Å². The molecule has 0 spiro atoms. The molecule has 0 unspecified atom stereocenters. The second kappa shape index (κ2) is 11.1. The van der Waals surface area contributed by atoms with Crippen LogP contribution in [0, 0.1) is 0 Å². The van der Waals surface area contributed by atoms with Gasteiger partial charge < -0.3 is 19.7 Å². The van der Waals surface area contributed by atoms with Crippen LogP contribution >= 0.6 is 24.0 Å². The maximum absolute atomic E-state index is 5.66. The zero-order chi connectivity index (χ0) is 18.2. The molecule has 152 valence electrons. The number of aliphatic imine (C=N–C) groups is 1. The molecule has 0 radical (unpaired) electrons. The van der Waals surface area contributed by atoms with Gasteiger partial charge in [0.25, 0.3) is 0 Å². The summed E-state index contributed by atoms with van der Waals surface area (Å²) in [6.45, 7) is 10.4. The zero-order valence-electron chi connectivity index (χ0n) is 16.7. The van der Waals surface area contributed by atoms with Crippen molar-refractivity contribution < 1.29 is 9.47 Å². The molecular weight excluding hydrogens is 453 g/mol. The van der Waals surface area contributed by atoms with Gasteiger partial charge in [0, 0.05) is 38.3 Å². The van der Waals surface area contributed by atoms with Crippen LogP contribution in [0.5, 0.6) is 5.75 Å². The van der Waals surface area contributed by atoms with Crippen LogP contribution in [0.3, 0.4) is 0 Å². The Morgan fingerprint density at radius 1 is 1.15 bits per heavy atom. The molecule has 2 fully saturated rings. The number of ether oxygens (including phenoxy) is 2. The van der Waals surface area contributed by atoms with E-state index in [1.807, 2.05) is 6.92 Å². The molecule has 3 rings (SSSR count). The number of nitrogens with one attached hydrogen (secondary N) is 1. The molecular formula is C21H34IN3O2. The van der Waals surface area contributed by atoms with Gasteiger partial charge in [-0.05, 0) is 57.2 Å². The molecule has 5 nitrogen and oxygen atoms in total. The van der Waals surface area contributed by atoms with Gasteiger partial charge in [-0.1, -0.05) is 12.1 Å². The normalized spacial score (nSPS) is 19.5. The molecule has 1 aromatic rings. The van der Waals surface area contributed by atoms with Crippen molar-refractivity contribution in [1.29, 1.82) is 0 Å². The van der Waals surface area contributed by atoms with Crippen molar-refractivity contribution in [2.24, 2.45) is 4.99 Å². The Morgan fingerprint density at radius 2 is 1.81 bits per heavy atom. The van der Waals surface area contributed by atoms with Gasteiger partial charge in [0.05, 0.1) is 13.2 Å². The molecule has 0 aliphatic carbocycles. The molecule has 2 heterocycles. The minimum atomic E-state index is 0. The fourth-order valence-electron chi connectivity index (χ4n) is 3.95. The van der Waals surface area contributed by atoms with Crippen molar-refractivity contribution in [3.05, 3.63) is 29.8 Å². The summed E-state index contributed by atoms with van der Waals surface area (Å²) in [4.78, 5) is 7.47. The third kappa shape index (κ3) is 5.73. The first-order chi connectivity index (χ1) is 12.8. The molecule has 6 heteroatoms. The lowest BCUT2D eigenvalue weighted by Crippen LogP contribution is -2.42. The monoisotopic (exact) mass is 487 g/mol. The van der Waals surface area contributed by atoms with E-state index in [9.17, 15) is 0 Å². The van der Waals surface area contributed by atoms with Gasteiger partial charge in [-0.3, -0.25) is 4.99 Å². The van der Waals surface area contributed by atoms with E-state index >= 15 is 0 Å². The van der Waals surface area contributed by atoms with Crippen molar-refractivity contribution in [1.82, 2.24) is 10.2 Å². The van der Waals surface area contributed by atoms with E-state index in [0.717, 1.165) is 63.9 Å². The molecule has 0 aromatic heterocycles. The van der Waals surface area contributed by atoms with E-state index in [4.69, 9.17) is 14.5 Å². The predicted molar refractivity (Wildman–Crippen MR) is 122 cm³/mol. The van der Waals surface area contributed by atoms with Gasteiger partial charge in [0.2, 0.25) is 0 Å². The average molecular weight is 487 g/mol. The number of nitrogens with zero attached hydrogens (tertiary/aromatic N) is 2. The zero-order valence-corrected chi connectivity index (χ0v) is 19.0. The number of hydrogen-bond acceptors (Lipinski definition) is 3. The fraction of sp³-hybridized carbons (Fsp3) is 0.667. The van der Waals surface area contributed by atoms with Crippen molar-refractivity contribution in [2.45, 2.75) is 44.9 Å². The minimum Gasteiger partial charge on any atom is -0.494 e. The van der Waals surface area contributed by atoms with Crippen LogP contribution in [0.25, 0.3) is 0 Å². The highest BCUT2D eigenvalue weighted by Gasteiger charge is 2.35. The van der Waals surface area contributed by atoms with Crippen molar-refractivity contribution >= 4 is 29.9 Å². The highest BCUT2D eigenvalue weighted by molar-refractivity contribution is 14.0. The van der Waals surface area contributed by atoms with Crippen molar-refractivity contribution in [3.63, 3.8) is 0 Å². The Hall–Kier alpha value is -1.02. The predicted octanol–water partition coefficient (Wildman–Crippen LogP) is 3.81. The van der Waals surface area contributed by atoms with Crippen LogP contribution in [-0.2, 0) is 10.2 Å². The Morgan fingerprint density at radius 3 is 2.41 bits per heavy atom. The van der Waals surface area contributed by atoms with Gasteiger partial charge in [0.1, 0.15) is 5.75 Å². The maximum Gasteiger partial charge on any atom is 0.193 e. The Balaban J connectivity index is 0.00000261. The summed E-state index contributed by atoms with van der Waals surface area (Å²) < 4.78 is 11.3. The van der Waals surface area contributed by atoms with Crippen LogP contribution in [0.1, 0.15) is 45.1 Å². The van der Waals surface area contributed by atoms with Crippen molar-refractivity contribution in [2.75, 3.05) is 46.0 Å². The lowest BCUT2D eigenvalue weighted by Gasteiger charge is -2.37. The summed E-state index contributed by atoms with van der Waals surface area (Å²) >= 11 is 0. The van der Waals surface area contributed by atoms with E-state index < -0.39 is 0 Å². The number of likely N-dealkylation sites (tertiary alicyclic amines) is 1. The summed E-state index contributed by atoms with van der Waals surface area (Å²) in [7, 11) is 0. The van der Waals surface area contributed by atoms with Crippen LogP contribution in [0.4, 0.5) is 0 Å². The summed E-state index contributed by atoms with van der Waals surface area (Å²) in [6, 6.07) is 8.61.